The number of H-pyrrole nitrogens is 1. The molecule has 1 amide bonds. The maximum Gasteiger partial charge on any atom is 0.226 e. The van der Waals surface area contributed by atoms with Crippen LogP contribution in [0.1, 0.15) is 25.3 Å². The summed E-state index contributed by atoms with van der Waals surface area (Å²) in [7, 11) is 0. The summed E-state index contributed by atoms with van der Waals surface area (Å²) in [4.78, 5) is 12.5. The van der Waals surface area contributed by atoms with Crippen LogP contribution in [0.15, 0.2) is 48.5 Å². The number of aryl methyl sites for hydroxylation is 1. The van der Waals surface area contributed by atoms with Crippen LogP contribution in [-0.4, -0.2) is 27.3 Å². The first-order valence-corrected chi connectivity index (χ1v) is 9.73. The average molecular weight is 397 g/mol. The molecule has 0 aliphatic rings. The van der Waals surface area contributed by atoms with Crippen LogP contribution in [0, 0.1) is 11.7 Å². The van der Waals surface area contributed by atoms with Gasteiger partial charge in [-0.1, -0.05) is 48.9 Å². The second-order valence-electron chi connectivity index (χ2n) is 6.51. The minimum absolute atomic E-state index is 0.106. The molecule has 0 bridgehead atoms. The lowest BCUT2D eigenvalue weighted by Crippen LogP contribution is -2.16. The number of nitrogens with one attached hydrogen (secondary N) is 2. The summed E-state index contributed by atoms with van der Waals surface area (Å²) in [6.45, 7) is 5.12. The van der Waals surface area contributed by atoms with Crippen molar-refractivity contribution < 1.29 is 9.53 Å². The lowest BCUT2D eigenvalue weighted by atomic mass is 10.1. The second kappa shape index (κ2) is 9.32. The molecule has 7 heteroatoms. The van der Waals surface area contributed by atoms with Gasteiger partial charge in [-0.25, -0.2) is 0 Å². The molecule has 28 heavy (non-hydrogen) atoms. The van der Waals surface area contributed by atoms with Crippen LogP contribution in [0.4, 0.5) is 5.69 Å². The third-order valence-corrected chi connectivity index (χ3v) is 4.57. The normalized spacial score (nSPS) is 10.6. The van der Waals surface area contributed by atoms with Gasteiger partial charge < -0.3 is 10.1 Å². The predicted octanol–water partition coefficient (Wildman–Crippen LogP) is 4.73. The molecule has 2 aromatic carbocycles. The molecule has 0 atom stereocenters. The zero-order valence-electron chi connectivity index (χ0n) is 16.1. The van der Waals surface area contributed by atoms with E-state index in [1.165, 1.54) is 5.56 Å². The molecule has 0 fully saturated rings. The SMILES string of the molecule is CCCOc1ccccc1NC(=O)CCn1c(-c2ccc(C)cc2)n[nH]c1=S. The zero-order chi connectivity index (χ0) is 19.9. The van der Waals surface area contributed by atoms with Crippen molar-refractivity contribution in [1.82, 2.24) is 14.8 Å². The molecule has 0 aliphatic heterocycles. The Morgan fingerprint density at radius 3 is 2.71 bits per heavy atom. The van der Waals surface area contributed by atoms with Gasteiger partial charge in [0.05, 0.1) is 12.3 Å². The molecular weight excluding hydrogens is 372 g/mol. The van der Waals surface area contributed by atoms with E-state index in [0.717, 1.165) is 17.8 Å². The monoisotopic (exact) mass is 396 g/mol. The van der Waals surface area contributed by atoms with Crippen LogP contribution >= 0.6 is 12.2 Å². The Morgan fingerprint density at radius 2 is 1.96 bits per heavy atom. The maximum atomic E-state index is 12.5. The predicted molar refractivity (Wildman–Crippen MR) is 113 cm³/mol. The number of benzene rings is 2. The van der Waals surface area contributed by atoms with E-state index in [9.17, 15) is 4.79 Å². The maximum absolute atomic E-state index is 12.5. The molecular formula is C21H24N4O2S. The molecule has 0 spiro atoms. The first-order valence-electron chi connectivity index (χ1n) is 9.32. The summed E-state index contributed by atoms with van der Waals surface area (Å²) in [5.41, 5.74) is 2.81. The number of amides is 1. The summed E-state index contributed by atoms with van der Waals surface area (Å²) < 4.78 is 8.03. The molecule has 146 valence electrons. The molecule has 1 aromatic heterocycles. The van der Waals surface area contributed by atoms with Crippen molar-refractivity contribution in [2.45, 2.75) is 33.2 Å². The van der Waals surface area contributed by atoms with Gasteiger partial charge in [-0.05, 0) is 37.7 Å². The van der Waals surface area contributed by atoms with E-state index in [4.69, 9.17) is 17.0 Å². The Labute approximate surface area is 169 Å². The fraction of sp³-hybridized carbons (Fsp3) is 0.286. The number of carbonyl (C=O) groups excluding carboxylic acids is 1. The van der Waals surface area contributed by atoms with Gasteiger partial charge in [0.15, 0.2) is 10.6 Å². The topological polar surface area (TPSA) is 71.9 Å². The van der Waals surface area contributed by atoms with Crippen LogP contribution in [0.2, 0.25) is 0 Å². The van der Waals surface area contributed by atoms with Crippen molar-refractivity contribution in [2.24, 2.45) is 0 Å². The molecule has 1 heterocycles. The molecule has 0 radical (unpaired) electrons. The third-order valence-electron chi connectivity index (χ3n) is 4.25. The Hall–Kier alpha value is -2.93. The van der Waals surface area contributed by atoms with E-state index in [2.05, 4.69) is 15.5 Å². The Balaban J connectivity index is 1.68. The molecule has 0 unspecified atom stereocenters. The van der Waals surface area contributed by atoms with E-state index in [0.29, 0.717) is 29.4 Å². The number of carbonyl (C=O) groups is 1. The van der Waals surface area contributed by atoms with Crippen LogP contribution in [0.5, 0.6) is 5.75 Å². The fourth-order valence-corrected chi connectivity index (χ4v) is 3.01. The van der Waals surface area contributed by atoms with Crippen molar-refractivity contribution in [3.05, 3.63) is 58.9 Å². The number of hydrogen-bond donors (Lipinski definition) is 2. The van der Waals surface area contributed by atoms with Crippen molar-refractivity contribution in [3.8, 4) is 17.1 Å². The zero-order valence-corrected chi connectivity index (χ0v) is 16.9. The highest BCUT2D eigenvalue weighted by molar-refractivity contribution is 7.71. The summed E-state index contributed by atoms with van der Waals surface area (Å²) in [6, 6.07) is 15.5. The Kier molecular flexibility index (Phi) is 6.60. The largest absolute Gasteiger partial charge is 0.491 e. The van der Waals surface area contributed by atoms with Gasteiger partial charge >= 0.3 is 0 Å². The van der Waals surface area contributed by atoms with Crippen LogP contribution < -0.4 is 10.1 Å². The van der Waals surface area contributed by atoms with Crippen molar-refractivity contribution in [3.63, 3.8) is 0 Å². The van der Waals surface area contributed by atoms with E-state index in [1.54, 1.807) is 0 Å². The van der Waals surface area contributed by atoms with E-state index >= 15 is 0 Å². The van der Waals surface area contributed by atoms with Crippen molar-refractivity contribution >= 4 is 23.8 Å². The number of ether oxygens (including phenoxy) is 1. The summed E-state index contributed by atoms with van der Waals surface area (Å²) >= 11 is 5.34. The van der Waals surface area contributed by atoms with E-state index in [1.807, 2.05) is 66.9 Å². The standard InChI is InChI=1S/C21H24N4O2S/c1-3-14-27-18-7-5-4-6-17(18)22-19(26)12-13-25-20(23-24-21(25)28)16-10-8-15(2)9-11-16/h4-11H,3,12-14H2,1-2H3,(H,22,26)(H,24,28). The highest BCUT2D eigenvalue weighted by Crippen LogP contribution is 2.24. The number of aromatic nitrogens is 3. The van der Waals surface area contributed by atoms with E-state index < -0.39 is 0 Å². The fourth-order valence-electron chi connectivity index (χ4n) is 2.78. The molecule has 3 rings (SSSR count). The van der Waals surface area contributed by atoms with E-state index in [-0.39, 0.29) is 12.3 Å². The molecule has 0 saturated carbocycles. The van der Waals surface area contributed by atoms with Crippen molar-refractivity contribution in [2.75, 3.05) is 11.9 Å². The third kappa shape index (κ3) is 4.86. The molecule has 2 N–H and O–H groups in total. The average Bonchev–Trinajstić information content (AvgIpc) is 3.07. The smallest absolute Gasteiger partial charge is 0.226 e. The van der Waals surface area contributed by atoms with Crippen molar-refractivity contribution in [1.29, 1.82) is 0 Å². The van der Waals surface area contributed by atoms with Gasteiger partial charge in [0.1, 0.15) is 5.75 Å². The van der Waals surface area contributed by atoms with Crippen LogP contribution in [0.3, 0.4) is 0 Å². The van der Waals surface area contributed by atoms with Gasteiger partial charge in [0.2, 0.25) is 5.91 Å². The molecule has 3 aromatic rings. The highest BCUT2D eigenvalue weighted by atomic mass is 32.1. The van der Waals surface area contributed by atoms with Gasteiger partial charge in [0.25, 0.3) is 0 Å². The highest BCUT2D eigenvalue weighted by Gasteiger charge is 2.12. The first-order chi connectivity index (χ1) is 13.6. The number of aromatic amines is 1. The van der Waals surface area contributed by atoms with Crippen LogP contribution in [-0.2, 0) is 11.3 Å². The lowest BCUT2D eigenvalue weighted by Gasteiger charge is -2.12. The van der Waals surface area contributed by atoms with Gasteiger partial charge in [-0.2, -0.15) is 5.10 Å². The minimum Gasteiger partial charge on any atom is -0.491 e. The number of anilines is 1. The van der Waals surface area contributed by atoms with Gasteiger partial charge in [-0.3, -0.25) is 14.5 Å². The first kappa shape index (κ1) is 19.8. The Bertz CT molecular complexity index is 992. The van der Waals surface area contributed by atoms with Gasteiger partial charge in [0, 0.05) is 18.5 Å². The lowest BCUT2D eigenvalue weighted by molar-refractivity contribution is -0.116. The summed E-state index contributed by atoms with van der Waals surface area (Å²) in [5.74, 6) is 1.30. The molecule has 0 saturated heterocycles. The van der Waals surface area contributed by atoms with Gasteiger partial charge in [-0.15, -0.1) is 0 Å². The summed E-state index contributed by atoms with van der Waals surface area (Å²) in [6.07, 6.45) is 1.18. The number of nitrogens with zero attached hydrogens (tertiary/aromatic N) is 2. The Morgan fingerprint density at radius 1 is 1.21 bits per heavy atom. The van der Waals surface area contributed by atoms with Crippen LogP contribution in [0.25, 0.3) is 11.4 Å². The molecule has 0 aliphatic carbocycles. The number of para-hydroxylation sites is 2. The minimum atomic E-state index is -0.106. The number of hydrogen-bond acceptors (Lipinski definition) is 4. The number of rotatable bonds is 8. The molecule has 6 nitrogen and oxygen atoms in total. The summed E-state index contributed by atoms with van der Waals surface area (Å²) in [5, 5.41) is 10.1. The second-order valence-corrected chi connectivity index (χ2v) is 6.90. The quantitative estimate of drug-likeness (QED) is 0.540.